The van der Waals surface area contributed by atoms with Crippen molar-refractivity contribution >= 4 is 29.0 Å². The number of anilines is 2. The van der Waals surface area contributed by atoms with Crippen LogP contribution in [0.2, 0.25) is 0 Å². The second-order valence-electron chi connectivity index (χ2n) is 12.1. The highest BCUT2D eigenvalue weighted by Gasteiger charge is 2.46. The molecule has 248 valence electrons. The van der Waals surface area contributed by atoms with Crippen LogP contribution in [0.5, 0.6) is 0 Å². The van der Waals surface area contributed by atoms with Gasteiger partial charge in [0.2, 0.25) is 0 Å². The fourth-order valence-corrected chi connectivity index (χ4v) is 6.30. The first-order valence-electron chi connectivity index (χ1n) is 15.4. The molecule has 3 heterocycles. The van der Waals surface area contributed by atoms with E-state index in [1.807, 2.05) is 24.1 Å². The number of amides is 2. The molecule has 3 aliphatic heterocycles. The maximum atomic E-state index is 14.1. The van der Waals surface area contributed by atoms with Gasteiger partial charge in [0.1, 0.15) is 17.5 Å². The number of fused-ring (bicyclic) bond motifs is 1. The number of halogens is 5. The Morgan fingerprint density at radius 2 is 1.64 bits per heavy atom. The SMILES string of the molecule is CN1CCN(c2ccc(C(=O)NC3=NCc4ccc(Cc5cc(F)cc(F)c5)cc43)c(N(C(=O)C(F)(F)F)C3CCOCC3)c2)CC1. The summed E-state index contributed by atoms with van der Waals surface area (Å²) in [5, 5.41) is 2.77. The second-order valence-corrected chi connectivity index (χ2v) is 12.1. The summed E-state index contributed by atoms with van der Waals surface area (Å²) in [5.74, 6) is -3.93. The van der Waals surface area contributed by atoms with Crippen LogP contribution in [0.1, 0.15) is 45.5 Å². The second kappa shape index (κ2) is 13.4. The number of benzene rings is 3. The van der Waals surface area contributed by atoms with E-state index in [0.717, 1.165) is 35.2 Å². The maximum Gasteiger partial charge on any atom is 0.471 e. The third kappa shape index (κ3) is 7.31. The predicted octanol–water partition coefficient (Wildman–Crippen LogP) is 5.07. The van der Waals surface area contributed by atoms with Crippen molar-refractivity contribution in [1.29, 1.82) is 0 Å². The number of amidine groups is 1. The number of hydrogen-bond acceptors (Lipinski definition) is 6. The van der Waals surface area contributed by atoms with Crippen LogP contribution in [-0.4, -0.2) is 81.2 Å². The molecule has 0 bridgehead atoms. The molecule has 2 saturated heterocycles. The van der Waals surface area contributed by atoms with Gasteiger partial charge in [-0.05, 0) is 79.4 Å². The number of alkyl halides is 3. The van der Waals surface area contributed by atoms with Crippen LogP contribution in [0.4, 0.5) is 33.3 Å². The van der Waals surface area contributed by atoms with E-state index in [1.54, 1.807) is 12.1 Å². The minimum atomic E-state index is -5.18. The standard InChI is InChI=1S/C34H34F5N5O3/c1-42-8-10-43(11-9-42)27-4-5-28(30(19-27)44(33(46)34(37,38)39)26-6-12-47-13-7-26)32(45)41-31-29-17-21(2-3-23(29)20-40-31)14-22-15-24(35)18-25(36)16-22/h2-5,15-19,26H,6-14,20H2,1H3,(H,40,41,45). The van der Waals surface area contributed by atoms with Crippen LogP contribution >= 0.6 is 0 Å². The van der Waals surface area contributed by atoms with E-state index in [1.165, 1.54) is 24.3 Å². The third-order valence-electron chi connectivity index (χ3n) is 8.77. The number of hydrogen-bond donors (Lipinski definition) is 1. The monoisotopic (exact) mass is 655 g/mol. The van der Waals surface area contributed by atoms with Gasteiger partial charge in [0.05, 0.1) is 17.8 Å². The highest BCUT2D eigenvalue weighted by Crippen LogP contribution is 2.35. The molecule has 2 fully saturated rings. The predicted molar refractivity (Wildman–Crippen MR) is 167 cm³/mol. The van der Waals surface area contributed by atoms with Crippen LogP contribution in [0.15, 0.2) is 59.6 Å². The van der Waals surface area contributed by atoms with Gasteiger partial charge in [-0.3, -0.25) is 14.6 Å². The summed E-state index contributed by atoms with van der Waals surface area (Å²) in [6.45, 7) is 3.38. The highest BCUT2D eigenvalue weighted by atomic mass is 19.4. The van der Waals surface area contributed by atoms with Crippen LogP contribution in [0.3, 0.4) is 0 Å². The molecular weight excluding hydrogens is 621 g/mol. The minimum absolute atomic E-state index is 0.102. The zero-order chi connectivity index (χ0) is 33.3. The summed E-state index contributed by atoms with van der Waals surface area (Å²) >= 11 is 0. The lowest BCUT2D eigenvalue weighted by Gasteiger charge is -2.37. The largest absolute Gasteiger partial charge is 0.471 e. The Morgan fingerprint density at radius 1 is 0.936 bits per heavy atom. The molecule has 6 rings (SSSR count). The Morgan fingerprint density at radius 3 is 2.32 bits per heavy atom. The topological polar surface area (TPSA) is 77.5 Å². The first-order valence-corrected chi connectivity index (χ1v) is 15.4. The van der Waals surface area contributed by atoms with Crippen molar-refractivity contribution in [3.63, 3.8) is 0 Å². The van der Waals surface area contributed by atoms with Crippen molar-refractivity contribution < 1.29 is 36.3 Å². The molecular formula is C34H34F5N5O3. The van der Waals surface area contributed by atoms with Crippen molar-refractivity contribution in [3.8, 4) is 0 Å². The third-order valence-corrected chi connectivity index (χ3v) is 8.77. The molecule has 0 aromatic heterocycles. The van der Waals surface area contributed by atoms with Crippen molar-refractivity contribution in [3.05, 3.63) is 94.0 Å². The zero-order valence-electron chi connectivity index (χ0n) is 25.7. The zero-order valence-corrected chi connectivity index (χ0v) is 25.7. The molecule has 3 aromatic rings. The highest BCUT2D eigenvalue weighted by molar-refractivity contribution is 6.17. The average molecular weight is 656 g/mol. The number of aliphatic imine (C=N–C) groups is 1. The lowest BCUT2D eigenvalue weighted by molar-refractivity contribution is -0.171. The summed E-state index contributed by atoms with van der Waals surface area (Å²) in [7, 11) is 1.99. The fraction of sp³-hybridized carbons (Fsp3) is 0.382. The Labute approximate surface area is 268 Å². The summed E-state index contributed by atoms with van der Waals surface area (Å²) < 4.78 is 75.2. The van der Waals surface area contributed by atoms with E-state index in [2.05, 4.69) is 15.2 Å². The summed E-state index contributed by atoms with van der Waals surface area (Å²) in [6.07, 6.45) is -4.59. The quantitative estimate of drug-likeness (QED) is 0.376. The van der Waals surface area contributed by atoms with Crippen molar-refractivity contribution in [2.75, 3.05) is 56.2 Å². The van der Waals surface area contributed by atoms with Crippen molar-refractivity contribution in [2.24, 2.45) is 4.99 Å². The van der Waals surface area contributed by atoms with Gasteiger partial charge in [-0.25, -0.2) is 8.78 Å². The van der Waals surface area contributed by atoms with Gasteiger partial charge in [-0.1, -0.05) is 12.1 Å². The summed E-state index contributed by atoms with van der Waals surface area (Å²) in [5.41, 5.74) is 2.92. The number of rotatable bonds is 6. The molecule has 0 aliphatic carbocycles. The molecule has 1 N–H and O–H groups in total. The molecule has 13 heteroatoms. The van der Waals surface area contributed by atoms with E-state index in [0.29, 0.717) is 29.9 Å². The molecule has 2 amide bonds. The Kier molecular flexibility index (Phi) is 9.29. The number of nitrogens with zero attached hydrogens (tertiary/aromatic N) is 4. The lowest BCUT2D eigenvalue weighted by Crippen LogP contribution is -2.50. The molecule has 47 heavy (non-hydrogen) atoms. The molecule has 0 radical (unpaired) electrons. The minimum Gasteiger partial charge on any atom is -0.381 e. The van der Waals surface area contributed by atoms with Gasteiger partial charge < -0.3 is 24.8 Å². The smallest absolute Gasteiger partial charge is 0.381 e. The van der Waals surface area contributed by atoms with E-state index < -0.39 is 35.7 Å². The average Bonchev–Trinajstić information content (AvgIpc) is 3.42. The van der Waals surface area contributed by atoms with Crippen LogP contribution in [0.25, 0.3) is 0 Å². The molecule has 0 spiro atoms. The molecule has 0 saturated carbocycles. The normalized spacial score (nSPS) is 17.3. The number of carbonyl (C=O) groups excluding carboxylic acids is 2. The molecule has 3 aromatic carbocycles. The summed E-state index contributed by atoms with van der Waals surface area (Å²) in [4.78, 5) is 36.3. The van der Waals surface area contributed by atoms with Gasteiger partial charge in [0.25, 0.3) is 5.91 Å². The molecule has 0 atom stereocenters. The number of piperazine rings is 1. The van der Waals surface area contributed by atoms with Crippen molar-refractivity contribution in [1.82, 2.24) is 10.2 Å². The van der Waals surface area contributed by atoms with Crippen LogP contribution in [-0.2, 0) is 22.5 Å². The number of nitrogens with one attached hydrogen (secondary N) is 1. The first-order chi connectivity index (χ1) is 22.5. The lowest BCUT2D eigenvalue weighted by atomic mass is 9.99. The van der Waals surface area contributed by atoms with E-state index >= 15 is 0 Å². The molecule has 8 nitrogen and oxygen atoms in total. The van der Waals surface area contributed by atoms with Gasteiger partial charge in [-0.2, -0.15) is 13.2 Å². The Bertz CT molecular complexity index is 1680. The Hall–Kier alpha value is -4.36. The van der Waals surface area contributed by atoms with Gasteiger partial charge in [-0.15, -0.1) is 0 Å². The van der Waals surface area contributed by atoms with Crippen LogP contribution < -0.4 is 15.1 Å². The van der Waals surface area contributed by atoms with E-state index in [9.17, 15) is 31.5 Å². The Balaban J connectivity index is 1.33. The van der Waals surface area contributed by atoms with E-state index in [-0.39, 0.29) is 56.1 Å². The maximum absolute atomic E-state index is 14.1. The first kappa shape index (κ1) is 32.6. The number of likely N-dealkylation sites (N-methyl/N-ethyl adjacent to an activating group) is 1. The molecule has 3 aliphatic rings. The fourth-order valence-electron chi connectivity index (χ4n) is 6.30. The number of ether oxygens (including phenoxy) is 1. The van der Waals surface area contributed by atoms with Gasteiger partial charge in [0.15, 0.2) is 0 Å². The van der Waals surface area contributed by atoms with Gasteiger partial charge in [0, 0.05) is 62.8 Å². The van der Waals surface area contributed by atoms with Gasteiger partial charge >= 0.3 is 12.1 Å². The molecule has 0 unspecified atom stereocenters. The van der Waals surface area contributed by atoms with Crippen LogP contribution in [0, 0.1) is 11.6 Å². The van der Waals surface area contributed by atoms with Crippen molar-refractivity contribution in [2.45, 2.75) is 38.0 Å². The number of carbonyl (C=O) groups is 2. The summed E-state index contributed by atoms with van der Waals surface area (Å²) in [6, 6.07) is 12.5. The van der Waals surface area contributed by atoms with E-state index in [4.69, 9.17) is 4.74 Å².